The van der Waals surface area contributed by atoms with Gasteiger partial charge in [-0.25, -0.2) is 15.0 Å². The number of hydrogen-bond acceptors (Lipinski definition) is 9. The van der Waals surface area contributed by atoms with Crippen LogP contribution in [0.4, 0.5) is 5.82 Å². The zero-order valence-electron chi connectivity index (χ0n) is 13.5. The Labute approximate surface area is 164 Å². The van der Waals surface area contributed by atoms with Gasteiger partial charge in [-0.2, -0.15) is 0 Å². The Balaban J connectivity index is 0.00000225. The van der Waals surface area contributed by atoms with Gasteiger partial charge in [0.25, 0.3) is 0 Å². The molecule has 5 N–H and O–H groups in total. The summed E-state index contributed by atoms with van der Waals surface area (Å²) in [5.74, 6) is 0.177. The molecule has 1 aliphatic heterocycles. The number of nitrogens with zero attached hydrogens (tertiary/aromatic N) is 4. The van der Waals surface area contributed by atoms with Gasteiger partial charge in [-0.3, -0.25) is 4.57 Å². The summed E-state index contributed by atoms with van der Waals surface area (Å²) < 4.78 is 17.7. The van der Waals surface area contributed by atoms with Crippen LogP contribution >= 0.6 is 7.60 Å². The predicted molar refractivity (Wildman–Crippen MR) is 79.6 cm³/mol. The average molecular weight is 381 g/mol. The molecule has 132 valence electrons. The summed E-state index contributed by atoms with van der Waals surface area (Å²) >= 11 is 0. The topological polar surface area (TPSA) is 180 Å². The van der Waals surface area contributed by atoms with Gasteiger partial charge in [0.15, 0.2) is 17.7 Å². The van der Waals surface area contributed by atoms with Crippen molar-refractivity contribution < 1.29 is 58.9 Å². The van der Waals surface area contributed by atoms with E-state index in [1.54, 1.807) is 0 Å². The summed E-state index contributed by atoms with van der Waals surface area (Å²) in [6.45, 7) is -0.201. The fraction of sp³-hybridized carbons (Fsp3) is 0.583. The number of nitrogens with two attached hydrogens (primary N) is 1. The fourth-order valence-corrected chi connectivity index (χ4v) is 3.32. The minimum Gasteiger partial charge on any atom is -0.779 e. The summed E-state index contributed by atoms with van der Waals surface area (Å²) in [6.07, 6.45) is -0.226. The van der Waals surface area contributed by atoms with Crippen molar-refractivity contribution in [2.45, 2.75) is 30.8 Å². The van der Waals surface area contributed by atoms with Crippen molar-refractivity contribution in [1.82, 2.24) is 19.5 Å². The molecule has 1 aliphatic rings. The van der Waals surface area contributed by atoms with Crippen molar-refractivity contribution in [2.75, 3.05) is 18.5 Å². The van der Waals surface area contributed by atoms with E-state index in [1.165, 1.54) is 17.2 Å². The van der Waals surface area contributed by atoms with Crippen LogP contribution in [-0.4, -0.2) is 59.1 Å². The molecule has 13 heteroatoms. The number of ether oxygens (including phenoxy) is 1. The molecule has 0 saturated carbocycles. The van der Waals surface area contributed by atoms with Crippen LogP contribution in [0, 0.1) is 0 Å². The molecule has 2 aromatic rings. The fourth-order valence-electron chi connectivity index (χ4n) is 2.77. The van der Waals surface area contributed by atoms with E-state index in [0.29, 0.717) is 11.2 Å². The Kier molecular flexibility index (Phi) is 6.25. The van der Waals surface area contributed by atoms with Gasteiger partial charge in [-0.1, -0.05) is 0 Å². The molecular weight excluding hydrogens is 364 g/mol. The number of aliphatic hydroxyl groups is 2. The van der Waals surface area contributed by atoms with Gasteiger partial charge in [0, 0.05) is 6.16 Å². The van der Waals surface area contributed by atoms with Gasteiger partial charge in [0.1, 0.15) is 31.1 Å². The third kappa shape index (κ3) is 4.21. The third-order valence-electron chi connectivity index (χ3n) is 4.04. The smallest absolute Gasteiger partial charge is 0.779 e. The van der Waals surface area contributed by atoms with Crippen molar-refractivity contribution in [3.05, 3.63) is 12.7 Å². The van der Waals surface area contributed by atoms with Gasteiger partial charge in [-0.05, 0) is 12.8 Å². The van der Waals surface area contributed by atoms with Crippen molar-refractivity contribution in [2.24, 2.45) is 0 Å². The number of anilines is 1. The van der Waals surface area contributed by atoms with Gasteiger partial charge in [-0.15, -0.1) is 0 Å². The molecule has 25 heavy (non-hydrogen) atoms. The standard InChI is InChI=1S/C12H18N5O6P.Na/c13-9-7-10(15-5-14-9)17(6-16-7)11-8(18)12(19,4-23-11)2-1-3-24(20,21)22;/h5-6,8,11,18-19H,1-4H2,(H2,13,14,15)(H2,20,21,22);/q;+1/p-1/t8-,11+,12+;/m0./s1. The van der Waals surface area contributed by atoms with Gasteiger partial charge in [0.05, 0.1) is 12.9 Å². The van der Waals surface area contributed by atoms with Crippen molar-refractivity contribution in [3.63, 3.8) is 0 Å². The zero-order chi connectivity index (χ0) is 17.5. The predicted octanol–water partition coefficient (Wildman–Crippen LogP) is -4.64. The molecule has 1 fully saturated rings. The van der Waals surface area contributed by atoms with Crippen LogP contribution in [0.15, 0.2) is 12.7 Å². The number of hydrogen-bond donors (Lipinski definition) is 4. The van der Waals surface area contributed by atoms with E-state index in [-0.39, 0.29) is 54.8 Å². The van der Waals surface area contributed by atoms with Gasteiger partial charge >= 0.3 is 29.6 Å². The first kappa shape index (κ1) is 20.7. The van der Waals surface area contributed by atoms with E-state index < -0.39 is 31.7 Å². The molecule has 0 radical (unpaired) electrons. The number of imidazole rings is 1. The van der Waals surface area contributed by atoms with Crippen LogP contribution in [0.5, 0.6) is 0 Å². The molecular formula is C12H17N5NaO6P. The molecule has 1 saturated heterocycles. The number of aliphatic hydroxyl groups excluding tert-OH is 1. The van der Waals surface area contributed by atoms with Crippen LogP contribution in [0.1, 0.15) is 19.1 Å². The molecule has 0 amide bonds. The zero-order valence-corrected chi connectivity index (χ0v) is 16.4. The maximum atomic E-state index is 10.8. The summed E-state index contributed by atoms with van der Waals surface area (Å²) in [7, 11) is -4.40. The molecule has 0 aromatic carbocycles. The molecule has 0 spiro atoms. The Bertz CT molecular complexity index is 799. The van der Waals surface area contributed by atoms with E-state index in [9.17, 15) is 19.7 Å². The minimum atomic E-state index is -4.40. The Morgan fingerprint density at radius 3 is 2.88 bits per heavy atom. The number of aromatic nitrogens is 4. The van der Waals surface area contributed by atoms with Crippen LogP contribution in [0.2, 0.25) is 0 Å². The SMILES string of the molecule is Nc1ncnc2c1ncn2[C@@H]1OC[C@](O)(CCCP(=O)([O-])O)[C@H]1O.[Na+]. The first-order valence-electron chi connectivity index (χ1n) is 7.19. The molecule has 3 heterocycles. The third-order valence-corrected chi connectivity index (χ3v) is 4.92. The van der Waals surface area contributed by atoms with Crippen LogP contribution in [-0.2, 0) is 9.30 Å². The van der Waals surface area contributed by atoms with Crippen molar-refractivity contribution >= 4 is 24.6 Å². The second kappa shape index (κ2) is 7.55. The minimum absolute atomic E-state index is 0. The average Bonchev–Trinajstić information content (AvgIpc) is 3.02. The molecule has 11 nitrogen and oxygen atoms in total. The summed E-state index contributed by atoms with van der Waals surface area (Å²) in [5, 5.41) is 20.9. The molecule has 1 unspecified atom stereocenters. The van der Waals surface area contributed by atoms with E-state index >= 15 is 0 Å². The second-order valence-electron chi connectivity index (χ2n) is 5.80. The summed E-state index contributed by atoms with van der Waals surface area (Å²) in [5.41, 5.74) is 4.75. The van der Waals surface area contributed by atoms with Crippen LogP contribution in [0.3, 0.4) is 0 Å². The number of fused-ring (bicyclic) bond motifs is 1. The maximum absolute atomic E-state index is 10.8. The Hall–Kier alpha value is -0.620. The maximum Gasteiger partial charge on any atom is 1.00 e. The molecule has 0 aliphatic carbocycles. The molecule has 2 aromatic heterocycles. The van der Waals surface area contributed by atoms with Gasteiger partial charge < -0.3 is 35.0 Å². The molecule has 0 bridgehead atoms. The number of nitrogen functional groups attached to an aromatic ring is 1. The first-order chi connectivity index (χ1) is 11.2. The van der Waals surface area contributed by atoms with Gasteiger partial charge in [0.2, 0.25) is 0 Å². The quantitative estimate of drug-likeness (QED) is 0.290. The summed E-state index contributed by atoms with van der Waals surface area (Å²) in [6, 6.07) is 0. The molecule has 3 rings (SSSR count). The summed E-state index contributed by atoms with van der Waals surface area (Å²) in [4.78, 5) is 31.5. The van der Waals surface area contributed by atoms with E-state index in [0.717, 1.165) is 0 Å². The second-order valence-corrected chi connectivity index (χ2v) is 7.52. The first-order valence-corrected chi connectivity index (χ1v) is 8.95. The van der Waals surface area contributed by atoms with E-state index in [1.807, 2.05) is 0 Å². The molecule has 4 atom stereocenters. The van der Waals surface area contributed by atoms with Crippen molar-refractivity contribution in [3.8, 4) is 0 Å². The van der Waals surface area contributed by atoms with E-state index in [2.05, 4.69) is 15.0 Å². The monoisotopic (exact) mass is 381 g/mol. The Morgan fingerprint density at radius 1 is 1.48 bits per heavy atom. The Morgan fingerprint density at radius 2 is 2.20 bits per heavy atom. The van der Waals surface area contributed by atoms with Crippen LogP contribution in [0.25, 0.3) is 11.2 Å². The number of rotatable bonds is 5. The van der Waals surface area contributed by atoms with Crippen LogP contribution < -0.4 is 40.2 Å². The van der Waals surface area contributed by atoms with E-state index in [4.69, 9.17) is 15.4 Å². The normalized spacial score (nSPS) is 28.6. The largest absolute Gasteiger partial charge is 1.00 e. The van der Waals surface area contributed by atoms with Crippen molar-refractivity contribution in [1.29, 1.82) is 0 Å².